The molecule has 2 heterocycles. The molecule has 0 unspecified atom stereocenters. The molecule has 0 bridgehead atoms. The molecule has 1 spiro atoms. The lowest BCUT2D eigenvalue weighted by molar-refractivity contribution is -0.0777. The van der Waals surface area contributed by atoms with Crippen molar-refractivity contribution in [3.05, 3.63) is 64.7 Å². The number of rotatable bonds is 2. The maximum absolute atomic E-state index is 6.38. The number of para-hydroxylation sites is 1. The van der Waals surface area contributed by atoms with Crippen LogP contribution >= 0.6 is 36.4 Å². The smallest absolute Gasteiger partial charge is 0.0940 e. The molecule has 0 aromatic heterocycles. The highest BCUT2D eigenvalue weighted by Crippen LogP contribution is 2.47. The molecule has 2 fully saturated rings. The van der Waals surface area contributed by atoms with Gasteiger partial charge in [-0.2, -0.15) is 0 Å². The van der Waals surface area contributed by atoms with Gasteiger partial charge in [0.15, 0.2) is 0 Å². The summed E-state index contributed by atoms with van der Waals surface area (Å²) in [6.45, 7) is 5.16. The maximum atomic E-state index is 6.38. The molecular formula is C23H29Cl3N2O. The van der Waals surface area contributed by atoms with Crippen LogP contribution in [-0.4, -0.2) is 37.1 Å². The fourth-order valence-electron chi connectivity index (χ4n) is 5.27. The summed E-state index contributed by atoms with van der Waals surface area (Å²) < 4.78 is 6.33. The van der Waals surface area contributed by atoms with Gasteiger partial charge in [0, 0.05) is 32.2 Å². The van der Waals surface area contributed by atoms with E-state index < -0.39 is 0 Å². The first-order valence-corrected chi connectivity index (χ1v) is 10.6. The summed E-state index contributed by atoms with van der Waals surface area (Å²) in [4.78, 5) is 5.13. The second kappa shape index (κ2) is 9.45. The van der Waals surface area contributed by atoms with Crippen molar-refractivity contribution in [3.8, 4) is 0 Å². The number of hydrogen-bond acceptors (Lipinski definition) is 3. The molecule has 1 saturated carbocycles. The Balaban J connectivity index is 0.00000120. The second-order valence-electron chi connectivity index (χ2n) is 8.15. The second-order valence-corrected chi connectivity index (χ2v) is 8.55. The number of piperazine rings is 1. The van der Waals surface area contributed by atoms with E-state index in [1.165, 1.54) is 29.7 Å². The number of fused-ring (bicyclic) bond motifs is 2. The summed E-state index contributed by atoms with van der Waals surface area (Å²) in [5, 5.41) is 0.864. The predicted molar refractivity (Wildman–Crippen MR) is 125 cm³/mol. The van der Waals surface area contributed by atoms with Gasteiger partial charge in [-0.15, -0.1) is 24.8 Å². The Hall–Kier alpha value is -0.970. The summed E-state index contributed by atoms with van der Waals surface area (Å²) in [5.74, 6) is 0. The molecule has 29 heavy (non-hydrogen) atoms. The normalized spacial score (nSPS) is 26.5. The molecule has 0 atom stereocenters. The van der Waals surface area contributed by atoms with Crippen molar-refractivity contribution in [2.75, 3.05) is 31.1 Å². The molecule has 1 saturated heterocycles. The Bertz CT molecular complexity index is 815. The van der Waals surface area contributed by atoms with Gasteiger partial charge in [0.2, 0.25) is 0 Å². The molecule has 0 N–H and O–H groups in total. The Morgan fingerprint density at radius 1 is 0.862 bits per heavy atom. The molecule has 6 heteroatoms. The van der Waals surface area contributed by atoms with E-state index in [0.29, 0.717) is 6.04 Å². The monoisotopic (exact) mass is 454 g/mol. The third-order valence-corrected chi connectivity index (χ3v) is 7.12. The van der Waals surface area contributed by atoms with Crippen LogP contribution in [-0.2, 0) is 16.9 Å². The first-order valence-electron chi connectivity index (χ1n) is 10.2. The van der Waals surface area contributed by atoms with Gasteiger partial charge in [-0.05, 0) is 48.9 Å². The molecule has 2 aromatic carbocycles. The van der Waals surface area contributed by atoms with E-state index in [-0.39, 0.29) is 30.4 Å². The quantitative estimate of drug-likeness (QED) is 0.580. The predicted octanol–water partition coefficient (Wildman–Crippen LogP) is 5.67. The first-order chi connectivity index (χ1) is 13.3. The van der Waals surface area contributed by atoms with E-state index in [4.69, 9.17) is 16.3 Å². The highest BCUT2D eigenvalue weighted by molar-refractivity contribution is 6.33. The molecule has 0 amide bonds. The third kappa shape index (κ3) is 4.26. The number of ether oxygens (including phenoxy) is 1. The minimum Gasteiger partial charge on any atom is -0.368 e. The van der Waals surface area contributed by atoms with Gasteiger partial charge < -0.3 is 9.64 Å². The van der Waals surface area contributed by atoms with E-state index >= 15 is 0 Å². The van der Waals surface area contributed by atoms with Gasteiger partial charge in [-0.3, -0.25) is 4.90 Å². The van der Waals surface area contributed by atoms with Gasteiger partial charge in [0.25, 0.3) is 0 Å². The van der Waals surface area contributed by atoms with Crippen molar-refractivity contribution in [1.29, 1.82) is 0 Å². The zero-order valence-electron chi connectivity index (χ0n) is 16.6. The number of hydrogen-bond donors (Lipinski definition) is 0. The molecular weight excluding hydrogens is 427 g/mol. The van der Waals surface area contributed by atoms with Gasteiger partial charge in [0.1, 0.15) is 0 Å². The SMILES string of the molecule is Cl.Cl.Clc1ccccc1N1CCN(C2CCC3(CC2)OCc2ccccc23)CC1. The fourth-order valence-corrected chi connectivity index (χ4v) is 5.52. The van der Waals surface area contributed by atoms with Crippen LogP contribution in [0.3, 0.4) is 0 Å². The van der Waals surface area contributed by atoms with Crippen LogP contribution < -0.4 is 4.90 Å². The molecule has 2 aliphatic heterocycles. The Morgan fingerprint density at radius 3 is 2.24 bits per heavy atom. The lowest BCUT2D eigenvalue weighted by atomic mass is 9.77. The van der Waals surface area contributed by atoms with Crippen LogP contribution in [0.4, 0.5) is 5.69 Å². The van der Waals surface area contributed by atoms with E-state index in [1.807, 2.05) is 12.1 Å². The minimum atomic E-state index is -0.00746. The summed E-state index contributed by atoms with van der Waals surface area (Å²) in [5.41, 5.74) is 4.01. The van der Waals surface area contributed by atoms with E-state index in [2.05, 4.69) is 46.2 Å². The summed E-state index contributed by atoms with van der Waals surface area (Å²) >= 11 is 6.38. The van der Waals surface area contributed by atoms with Crippen LogP contribution in [0.25, 0.3) is 0 Å². The fraction of sp³-hybridized carbons (Fsp3) is 0.478. The van der Waals surface area contributed by atoms with Crippen LogP contribution in [0.2, 0.25) is 5.02 Å². The average molecular weight is 456 g/mol. The van der Waals surface area contributed by atoms with Crippen molar-refractivity contribution in [1.82, 2.24) is 4.90 Å². The highest BCUT2D eigenvalue weighted by atomic mass is 35.5. The van der Waals surface area contributed by atoms with Crippen molar-refractivity contribution < 1.29 is 4.74 Å². The lowest BCUT2D eigenvalue weighted by Crippen LogP contribution is -2.52. The van der Waals surface area contributed by atoms with Crippen molar-refractivity contribution in [2.24, 2.45) is 0 Å². The van der Waals surface area contributed by atoms with Crippen molar-refractivity contribution >= 4 is 42.1 Å². The number of anilines is 1. The van der Waals surface area contributed by atoms with Gasteiger partial charge in [-0.1, -0.05) is 48.0 Å². The summed E-state index contributed by atoms with van der Waals surface area (Å²) in [6, 6.07) is 17.7. The standard InChI is InChI=1S/C23H27ClN2O.2ClH/c24-21-7-3-4-8-22(21)26-15-13-25(14-16-26)19-9-11-23(12-10-19)20-6-2-1-5-18(20)17-27-23;;/h1-8,19H,9-17H2;2*1H. The van der Waals surface area contributed by atoms with E-state index in [0.717, 1.165) is 50.7 Å². The summed E-state index contributed by atoms with van der Waals surface area (Å²) in [7, 11) is 0. The molecule has 2 aromatic rings. The molecule has 1 aliphatic carbocycles. The van der Waals surface area contributed by atoms with Gasteiger partial charge in [0.05, 0.1) is 22.9 Å². The van der Waals surface area contributed by atoms with Crippen LogP contribution in [0, 0.1) is 0 Å². The topological polar surface area (TPSA) is 15.7 Å². The zero-order chi connectivity index (χ0) is 18.3. The van der Waals surface area contributed by atoms with Crippen molar-refractivity contribution in [3.63, 3.8) is 0 Å². The Kier molecular flexibility index (Phi) is 7.40. The highest BCUT2D eigenvalue weighted by Gasteiger charge is 2.43. The van der Waals surface area contributed by atoms with Gasteiger partial charge >= 0.3 is 0 Å². The first kappa shape index (κ1) is 22.7. The largest absolute Gasteiger partial charge is 0.368 e. The number of halogens is 3. The zero-order valence-corrected chi connectivity index (χ0v) is 18.9. The van der Waals surface area contributed by atoms with Crippen LogP contribution in [0.1, 0.15) is 36.8 Å². The minimum absolute atomic E-state index is 0. The van der Waals surface area contributed by atoms with Crippen LogP contribution in [0.15, 0.2) is 48.5 Å². The number of benzene rings is 2. The lowest BCUT2D eigenvalue weighted by Gasteiger charge is -2.45. The third-order valence-electron chi connectivity index (χ3n) is 6.80. The molecule has 3 aliphatic rings. The summed E-state index contributed by atoms with van der Waals surface area (Å²) in [6.07, 6.45) is 4.78. The van der Waals surface area contributed by atoms with E-state index in [1.54, 1.807) is 0 Å². The Morgan fingerprint density at radius 2 is 1.52 bits per heavy atom. The molecule has 0 radical (unpaired) electrons. The Labute approximate surface area is 191 Å². The number of nitrogens with zero attached hydrogens (tertiary/aromatic N) is 2. The van der Waals surface area contributed by atoms with E-state index in [9.17, 15) is 0 Å². The molecule has 5 rings (SSSR count). The van der Waals surface area contributed by atoms with Gasteiger partial charge in [-0.25, -0.2) is 0 Å². The average Bonchev–Trinajstić information content (AvgIpc) is 3.08. The molecule has 3 nitrogen and oxygen atoms in total. The van der Waals surface area contributed by atoms with Crippen LogP contribution in [0.5, 0.6) is 0 Å². The molecule has 158 valence electrons. The van der Waals surface area contributed by atoms with Crippen molar-refractivity contribution in [2.45, 2.75) is 43.9 Å². The maximum Gasteiger partial charge on any atom is 0.0940 e.